The van der Waals surface area contributed by atoms with Crippen LogP contribution in [0.2, 0.25) is 5.15 Å². The van der Waals surface area contributed by atoms with Crippen LogP contribution in [0.1, 0.15) is 38.2 Å². The van der Waals surface area contributed by atoms with Crippen LogP contribution in [0.15, 0.2) is 23.3 Å². The summed E-state index contributed by atoms with van der Waals surface area (Å²) in [6, 6.07) is 4.32. The Morgan fingerprint density at radius 3 is 2.70 bits per heavy atom. The molecule has 110 valence electrons. The minimum Gasteiger partial charge on any atom is -0.354 e. The molecular formula is C15H23ClN4. The minimum atomic E-state index is 0.521. The standard InChI is InChI=1S/C15H23ClN4/c1-11-3-6-13(7-4-11)20-15(17-2)19-10-12-5-8-14(16)18-9-12/h5,8-9,11,13H,3-4,6-7,10H2,1-2H3,(H2,17,19,20). The normalized spacial score (nSPS) is 23.4. The Hall–Kier alpha value is -1.29. The van der Waals surface area contributed by atoms with Gasteiger partial charge >= 0.3 is 0 Å². The summed E-state index contributed by atoms with van der Waals surface area (Å²) >= 11 is 5.77. The molecular weight excluding hydrogens is 272 g/mol. The predicted molar refractivity (Wildman–Crippen MR) is 84.0 cm³/mol. The van der Waals surface area contributed by atoms with Crippen molar-refractivity contribution in [1.82, 2.24) is 15.6 Å². The topological polar surface area (TPSA) is 49.3 Å². The van der Waals surface area contributed by atoms with E-state index in [4.69, 9.17) is 11.6 Å². The Bertz CT molecular complexity index is 436. The van der Waals surface area contributed by atoms with Crippen LogP contribution in [-0.4, -0.2) is 24.0 Å². The van der Waals surface area contributed by atoms with Crippen LogP contribution in [0.3, 0.4) is 0 Å². The van der Waals surface area contributed by atoms with E-state index < -0.39 is 0 Å². The number of halogens is 1. The fourth-order valence-electron chi connectivity index (χ4n) is 2.49. The average Bonchev–Trinajstić information content (AvgIpc) is 2.47. The molecule has 1 aliphatic rings. The third-order valence-corrected chi connectivity index (χ3v) is 4.05. The van der Waals surface area contributed by atoms with Gasteiger partial charge in [0.05, 0.1) is 0 Å². The first-order valence-corrected chi connectivity index (χ1v) is 7.63. The largest absolute Gasteiger partial charge is 0.354 e. The maximum Gasteiger partial charge on any atom is 0.191 e. The van der Waals surface area contributed by atoms with Gasteiger partial charge in [0.15, 0.2) is 5.96 Å². The van der Waals surface area contributed by atoms with E-state index in [-0.39, 0.29) is 0 Å². The monoisotopic (exact) mass is 294 g/mol. The Balaban J connectivity index is 1.79. The Labute approximate surface area is 126 Å². The Morgan fingerprint density at radius 2 is 2.10 bits per heavy atom. The highest BCUT2D eigenvalue weighted by Gasteiger charge is 2.18. The van der Waals surface area contributed by atoms with E-state index >= 15 is 0 Å². The fraction of sp³-hybridized carbons (Fsp3) is 0.600. The van der Waals surface area contributed by atoms with Crippen LogP contribution in [0, 0.1) is 5.92 Å². The number of pyridine rings is 1. The second-order valence-corrected chi connectivity index (χ2v) is 5.90. The number of rotatable bonds is 3. The summed E-state index contributed by atoms with van der Waals surface area (Å²) in [5.41, 5.74) is 1.09. The van der Waals surface area contributed by atoms with Crippen LogP contribution in [0.25, 0.3) is 0 Å². The van der Waals surface area contributed by atoms with E-state index in [2.05, 4.69) is 27.5 Å². The van der Waals surface area contributed by atoms with Crippen molar-refractivity contribution < 1.29 is 0 Å². The molecule has 5 heteroatoms. The molecule has 0 aromatic carbocycles. The van der Waals surface area contributed by atoms with Crippen LogP contribution in [-0.2, 0) is 6.54 Å². The lowest BCUT2D eigenvalue weighted by molar-refractivity contribution is 0.329. The number of aliphatic imine (C=N–C) groups is 1. The molecule has 20 heavy (non-hydrogen) atoms. The lowest BCUT2D eigenvalue weighted by atomic mass is 9.87. The number of hydrogen-bond acceptors (Lipinski definition) is 2. The zero-order chi connectivity index (χ0) is 14.4. The van der Waals surface area contributed by atoms with Crippen molar-refractivity contribution in [2.24, 2.45) is 10.9 Å². The molecule has 0 unspecified atom stereocenters. The van der Waals surface area contributed by atoms with Gasteiger partial charge in [-0.1, -0.05) is 24.6 Å². The molecule has 1 fully saturated rings. The highest BCUT2D eigenvalue weighted by atomic mass is 35.5. The molecule has 0 spiro atoms. The van der Waals surface area contributed by atoms with Gasteiger partial charge in [0.2, 0.25) is 0 Å². The van der Waals surface area contributed by atoms with Crippen LogP contribution >= 0.6 is 11.6 Å². The summed E-state index contributed by atoms with van der Waals surface area (Å²) in [6.07, 6.45) is 6.84. The molecule has 0 aliphatic heterocycles. The number of nitrogens with one attached hydrogen (secondary N) is 2. The van der Waals surface area contributed by atoms with Crippen molar-refractivity contribution in [3.63, 3.8) is 0 Å². The van der Waals surface area contributed by atoms with Crippen molar-refractivity contribution in [3.05, 3.63) is 29.0 Å². The summed E-state index contributed by atoms with van der Waals surface area (Å²) in [4.78, 5) is 8.35. The van der Waals surface area contributed by atoms with Gasteiger partial charge in [0.1, 0.15) is 5.15 Å². The van der Waals surface area contributed by atoms with Gasteiger partial charge in [-0.25, -0.2) is 4.98 Å². The van der Waals surface area contributed by atoms with Crippen molar-refractivity contribution in [2.75, 3.05) is 7.05 Å². The van der Waals surface area contributed by atoms with E-state index in [1.165, 1.54) is 25.7 Å². The Morgan fingerprint density at radius 1 is 1.35 bits per heavy atom. The van der Waals surface area contributed by atoms with E-state index in [0.29, 0.717) is 17.7 Å². The lowest BCUT2D eigenvalue weighted by Gasteiger charge is -2.28. The number of hydrogen-bond donors (Lipinski definition) is 2. The highest BCUT2D eigenvalue weighted by Crippen LogP contribution is 2.23. The summed E-state index contributed by atoms with van der Waals surface area (Å²) in [6.45, 7) is 3.03. The lowest BCUT2D eigenvalue weighted by Crippen LogP contribution is -2.44. The molecule has 0 atom stereocenters. The maximum atomic E-state index is 5.77. The van der Waals surface area contributed by atoms with Crippen molar-refractivity contribution in [2.45, 2.75) is 45.2 Å². The molecule has 1 aromatic rings. The molecule has 0 amide bonds. The molecule has 1 aliphatic carbocycles. The second-order valence-electron chi connectivity index (χ2n) is 5.52. The van der Waals surface area contributed by atoms with Gasteiger partial charge in [0.25, 0.3) is 0 Å². The first-order chi connectivity index (χ1) is 9.67. The molecule has 0 radical (unpaired) electrons. The van der Waals surface area contributed by atoms with Gasteiger partial charge in [-0.05, 0) is 43.2 Å². The number of guanidine groups is 1. The molecule has 4 nitrogen and oxygen atoms in total. The quantitative estimate of drug-likeness (QED) is 0.512. The van der Waals surface area contributed by atoms with Gasteiger partial charge in [-0.3, -0.25) is 4.99 Å². The van der Waals surface area contributed by atoms with Crippen LogP contribution in [0.4, 0.5) is 0 Å². The van der Waals surface area contributed by atoms with Crippen LogP contribution < -0.4 is 10.6 Å². The average molecular weight is 295 g/mol. The Kier molecular flexibility index (Phi) is 5.65. The van der Waals surface area contributed by atoms with Crippen molar-refractivity contribution in [3.8, 4) is 0 Å². The van der Waals surface area contributed by atoms with Crippen molar-refractivity contribution in [1.29, 1.82) is 0 Å². The van der Waals surface area contributed by atoms with E-state index in [0.717, 1.165) is 17.4 Å². The highest BCUT2D eigenvalue weighted by molar-refractivity contribution is 6.29. The molecule has 0 bridgehead atoms. The third-order valence-electron chi connectivity index (χ3n) is 3.83. The molecule has 2 N–H and O–H groups in total. The van der Waals surface area contributed by atoms with Gasteiger partial charge < -0.3 is 10.6 Å². The second kappa shape index (κ2) is 7.48. The zero-order valence-corrected chi connectivity index (χ0v) is 13.0. The smallest absolute Gasteiger partial charge is 0.191 e. The molecule has 1 saturated carbocycles. The number of nitrogens with zero attached hydrogens (tertiary/aromatic N) is 2. The van der Waals surface area contributed by atoms with Gasteiger partial charge in [-0.15, -0.1) is 0 Å². The minimum absolute atomic E-state index is 0.521. The SMILES string of the molecule is CN=C(NCc1ccc(Cl)nc1)NC1CCC(C)CC1. The van der Waals surface area contributed by atoms with E-state index in [9.17, 15) is 0 Å². The summed E-state index contributed by atoms with van der Waals surface area (Å²) in [5.74, 6) is 1.72. The molecule has 1 heterocycles. The first-order valence-electron chi connectivity index (χ1n) is 7.25. The summed E-state index contributed by atoms with van der Waals surface area (Å²) in [7, 11) is 1.81. The summed E-state index contributed by atoms with van der Waals surface area (Å²) < 4.78 is 0. The van der Waals surface area contributed by atoms with E-state index in [1.54, 1.807) is 19.3 Å². The van der Waals surface area contributed by atoms with Gasteiger partial charge in [-0.2, -0.15) is 0 Å². The summed E-state index contributed by atoms with van der Waals surface area (Å²) in [5, 5.41) is 7.34. The molecule has 2 rings (SSSR count). The van der Waals surface area contributed by atoms with Crippen molar-refractivity contribution >= 4 is 17.6 Å². The molecule has 0 saturated heterocycles. The maximum absolute atomic E-state index is 5.77. The van der Waals surface area contributed by atoms with Gasteiger partial charge in [0, 0.05) is 25.8 Å². The predicted octanol–water partition coefficient (Wildman–Crippen LogP) is 2.98. The zero-order valence-electron chi connectivity index (χ0n) is 12.2. The fourth-order valence-corrected chi connectivity index (χ4v) is 2.60. The number of aromatic nitrogens is 1. The van der Waals surface area contributed by atoms with E-state index in [1.807, 2.05) is 6.07 Å². The van der Waals surface area contributed by atoms with Crippen LogP contribution in [0.5, 0.6) is 0 Å². The molecule has 1 aromatic heterocycles. The third kappa shape index (κ3) is 4.67. The first kappa shape index (κ1) is 15.1.